The number of ketones is 1. The lowest BCUT2D eigenvalue weighted by molar-refractivity contribution is -0.117. The first-order chi connectivity index (χ1) is 14.8. The van der Waals surface area contributed by atoms with Gasteiger partial charge in [-0.25, -0.2) is 4.98 Å². The molecule has 1 atom stereocenters. The number of para-hydroxylation sites is 2. The quantitative estimate of drug-likeness (QED) is 0.580. The van der Waals surface area contributed by atoms with Crippen LogP contribution in [0.2, 0.25) is 0 Å². The Morgan fingerprint density at radius 1 is 1.13 bits per heavy atom. The molecule has 31 heavy (non-hydrogen) atoms. The van der Waals surface area contributed by atoms with Crippen LogP contribution in [0.5, 0.6) is 11.5 Å². The average molecular weight is 436 g/mol. The van der Waals surface area contributed by atoms with Gasteiger partial charge in [0.15, 0.2) is 5.76 Å². The molecule has 1 aliphatic rings. The summed E-state index contributed by atoms with van der Waals surface area (Å²) < 4.78 is 5.31. The lowest BCUT2D eigenvalue weighted by atomic mass is 9.94. The van der Waals surface area contributed by atoms with E-state index in [4.69, 9.17) is 4.74 Å². The monoisotopic (exact) mass is 436 g/mol. The Morgan fingerprint density at radius 2 is 1.87 bits per heavy atom. The lowest BCUT2D eigenvalue weighted by Gasteiger charge is -2.27. The van der Waals surface area contributed by atoms with Crippen LogP contribution in [0.4, 0.5) is 5.69 Å². The number of phenols is 1. The zero-order chi connectivity index (χ0) is 22.3. The number of hydrogen-bond acceptors (Lipinski definition) is 7. The molecule has 3 aromatic rings. The number of rotatable bonds is 5. The fraction of sp³-hybridized carbons (Fsp3) is 0.174. The number of anilines is 1. The Balaban J connectivity index is 1.93. The van der Waals surface area contributed by atoms with Crippen LogP contribution in [-0.2, 0) is 4.79 Å². The molecule has 1 aliphatic heterocycles. The summed E-state index contributed by atoms with van der Waals surface area (Å²) in [7, 11) is 1.52. The summed E-state index contributed by atoms with van der Waals surface area (Å²) in [6, 6.07) is 12.3. The molecule has 0 radical (unpaired) electrons. The Bertz CT molecular complexity index is 1230. The molecular formula is C23H20N2O5S. The van der Waals surface area contributed by atoms with Crippen LogP contribution in [0.3, 0.4) is 0 Å². The first kappa shape index (κ1) is 20.6. The minimum Gasteiger partial charge on any atom is -0.506 e. The number of aryl methyl sites for hydroxylation is 2. The second-order valence-electron chi connectivity index (χ2n) is 7.08. The number of Topliss-reactive ketones (excluding diaryl/α,β-unsaturated/α-hetero) is 1. The molecule has 0 spiro atoms. The van der Waals surface area contributed by atoms with Crippen molar-refractivity contribution in [2.24, 2.45) is 0 Å². The molecule has 2 aromatic carbocycles. The Morgan fingerprint density at radius 3 is 2.52 bits per heavy atom. The highest BCUT2D eigenvalue weighted by Gasteiger charge is 2.46. The highest BCUT2D eigenvalue weighted by Crippen LogP contribution is 2.45. The number of aromatic hydroxyl groups is 1. The third-order valence-electron chi connectivity index (χ3n) is 5.11. The smallest absolute Gasteiger partial charge is 0.294 e. The van der Waals surface area contributed by atoms with E-state index in [0.717, 1.165) is 0 Å². The zero-order valence-electron chi connectivity index (χ0n) is 17.1. The van der Waals surface area contributed by atoms with Crippen molar-refractivity contribution in [3.05, 3.63) is 81.0 Å². The molecule has 2 N–H and O–H groups in total. The molecular weight excluding hydrogens is 416 g/mol. The van der Waals surface area contributed by atoms with Gasteiger partial charge in [0.2, 0.25) is 5.78 Å². The van der Waals surface area contributed by atoms with Crippen LogP contribution >= 0.6 is 11.3 Å². The van der Waals surface area contributed by atoms with Crippen molar-refractivity contribution in [2.45, 2.75) is 19.9 Å². The van der Waals surface area contributed by atoms with Crippen LogP contribution in [0.1, 0.15) is 32.0 Å². The molecule has 0 saturated heterocycles. The molecule has 1 aromatic heterocycles. The number of ether oxygens (including phenoxy) is 1. The number of carbonyl (C=O) groups is 2. The standard InChI is InChI=1S/C23H20N2O5S/c1-12-22(31-13(2)24-12)20(27)18-19(14-7-6-8-15(11-14)30-3)25(23(29)21(18)28)16-9-4-5-10-17(16)26/h4-11,19,26,28H,1-3H3. The molecule has 0 aliphatic carbocycles. The molecule has 2 heterocycles. The number of amides is 1. The van der Waals surface area contributed by atoms with Crippen LogP contribution in [0, 0.1) is 13.8 Å². The lowest BCUT2D eigenvalue weighted by Crippen LogP contribution is -2.31. The minimum atomic E-state index is -0.954. The van der Waals surface area contributed by atoms with E-state index in [0.29, 0.717) is 26.9 Å². The van der Waals surface area contributed by atoms with Gasteiger partial charge in [-0.15, -0.1) is 11.3 Å². The van der Waals surface area contributed by atoms with E-state index in [1.54, 1.807) is 56.3 Å². The summed E-state index contributed by atoms with van der Waals surface area (Å²) in [5.41, 5.74) is 1.22. The Hall–Kier alpha value is -3.65. The molecule has 7 nitrogen and oxygen atoms in total. The first-order valence-electron chi connectivity index (χ1n) is 9.50. The summed E-state index contributed by atoms with van der Waals surface area (Å²) in [6.07, 6.45) is 0. The number of aliphatic hydroxyl groups is 1. The van der Waals surface area contributed by atoms with Gasteiger partial charge in [-0.2, -0.15) is 0 Å². The summed E-state index contributed by atoms with van der Waals surface area (Å²) in [5.74, 6) is -1.50. The van der Waals surface area contributed by atoms with E-state index < -0.39 is 23.5 Å². The van der Waals surface area contributed by atoms with Crippen molar-refractivity contribution < 1.29 is 24.5 Å². The number of nitrogens with zero attached hydrogens (tertiary/aromatic N) is 2. The highest BCUT2D eigenvalue weighted by atomic mass is 32.1. The fourth-order valence-electron chi connectivity index (χ4n) is 3.74. The number of methoxy groups -OCH3 is 1. The van der Waals surface area contributed by atoms with Crippen LogP contribution in [-0.4, -0.2) is 34.0 Å². The number of hydrogen-bond donors (Lipinski definition) is 2. The van der Waals surface area contributed by atoms with Crippen molar-refractivity contribution in [3.63, 3.8) is 0 Å². The number of carbonyl (C=O) groups excluding carboxylic acids is 2. The SMILES string of the molecule is COc1cccc(C2C(C(=O)c3sc(C)nc3C)=C(O)C(=O)N2c2ccccc2O)c1. The number of aromatic nitrogens is 1. The summed E-state index contributed by atoms with van der Waals surface area (Å²) in [4.78, 5) is 32.6. The van der Waals surface area contributed by atoms with E-state index in [2.05, 4.69) is 4.98 Å². The predicted molar refractivity (Wildman–Crippen MR) is 117 cm³/mol. The van der Waals surface area contributed by atoms with Crippen LogP contribution in [0.25, 0.3) is 0 Å². The Labute approximate surface area is 182 Å². The van der Waals surface area contributed by atoms with E-state index in [9.17, 15) is 19.8 Å². The van der Waals surface area contributed by atoms with E-state index >= 15 is 0 Å². The fourth-order valence-corrected chi connectivity index (χ4v) is 4.62. The van der Waals surface area contributed by atoms with E-state index in [1.807, 2.05) is 0 Å². The summed E-state index contributed by atoms with van der Waals surface area (Å²) in [5, 5.41) is 21.9. The topological polar surface area (TPSA) is 100.0 Å². The van der Waals surface area contributed by atoms with Gasteiger partial charge in [-0.1, -0.05) is 24.3 Å². The minimum absolute atomic E-state index is 0.0618. The third kappa shape index (κ3) is 3.44. The molecule has 8 heteroatoms. The van der Waals surface area contributed by atoms with Gasteiger partial charge in [0.25, 0.3) is 5.91 Å². The van der Waals surface area contributed by atoms with Gasteiger partial charge in [0.1, 0.15) is 11.5 Å². The summed E-state index contributed by atoms with van der Waals surface area (Å²) >= 11 is 1.21. The number of aliphatic hydroxyl groups excluding tert-OH is 1. The number of thiazole rings is 1. The second-order valence-corrected chi connectivity index (χ2v) is 8.29. The van der Waals surface area contributed by atoms with Crippen molar-refractivity contribution in [3.8, 4) is 11.5 Å². The maximum absolute atomic E-state index is 13.5. The highest BCUT2D eigenvalue weighted by molar-refractivity contribution is 7.14. The van der Waals surface area contributed by atoms with Gasteiger partial charge in [0, 0.05) is 0 Å². The number of phenolic OH excluding ortho intramolecular Hbond substituents is 1. The molecule has 4 rings (SSSR count). The van der Waals surface area contributed by atoms with Crippen molar-refractivity contribution in [2.75, 3.05) is 12.0 Å². The van der Waals surface area contributed by atoms with Crippen LogP contribution in [0.15, 0.2) is 59.9 Å². The van der Waals surface area contributed by atoms with E-state index in [-0.39, 0.29) is 17.0 Å². The molecule has 0 bridgehead atoms. The molecule has 0 fully saturated rings. The first-order valence-corrected chi connectivity index (χ1v) is 10.3. The van der Waals surface area contributed by atoms with Gasteiger partial charge in [-0.3, -0.25) is 14.5 Å². The molecule has 1 amide bonds. The predicted octanol–water partition coefficient (Wildman–Crippen LogP) is 4.26. The largest absolute Gasteiger partial charge is 0.506 e. The van der Waals surface area contributed by atoms with Crippen LogP contribution < -0.4 is 9.64 Å². The van der Waals surface area contributed by atoms with Gasteiger partial charge < -0.3 is 14.9 Å². The van der Waals surface area contributed by atoms with Crippen molar-refractivity contribution >= 4 is 28.7 Å². The molecule has 0 saturated carbocycles. The second kappa shape index (κ2) is 7.88. The maximum Gasteiger partial charge on any atom is 0.294 e. The van der Waals surface area contributed by atoms with Crippen molar-refractivity contribution in [1.82, 2.24) is 4.98 Å². The number of benzene rings is 2. The van der Waals surface area contributed by atoms with Gasteiger partial charge >= 0.3 is 0 Å². The average Bonchev–Trinajstić information content (AvgIpc) is 3.23. The Kier molecular flexibility index (Phi) is 5.24. The van der Waals surface area contributed by atoms with E-state index in [1.165, 1.54) is 29.4 Å². The zero-order valence-corrected chi connectivity index (χ0v) is 17.9. The maximum atomic E-state index is 13.5. The third-order valence-corrected chi connectivity index (χ3v) is 6.18. The summed E-state index contributed by atoms with van der Waals surface area (Å²) in [6.45, 7) is 3.50. The molecule has 1 unspecified atom stereocenters. The molecule has 158 valence electrons. The van der Waals surface area contributed by atoms with Crippen molar-refractivity contribution in [1.29, 1.82) is 0 Å². The van der Waals surface area contributed by atoms with Gasteiger partial charge in [0.05, 0.1) is 40.0 Å². The van der Waals surface area contributed by atoms with Gasteiger partial charge in [-0.05, 0) is 43.7 Å². The normalized spacial score (nSPS) is 16.2.